The summed E-state index contributed by atoms with van der Waals surface area (Å²) < 4.78 is 2.28. The fraction of sp³-hybridized carbons (Fsp3) is 0.167. The second-order valence-corrected chi connectivity index (χ2v) is 5.59. The lowest BCUT2D eigenvalue weighted by atomic mass is 10.3. The number of aromatic nitrogens is 1. The van der Waals surface area contributed by atoms with Crippen molar-refractivity contribution in [3.63, 3.8) is 0 Å². The van der Waals surface area contributed by atoms with Gasteiger partial charge in [0, 0.05) is 17.2 Å². The minimum atomic E-state index is -0.262. The standard InChI is InChI=1S/C12H11BrN2O2S/c1-7-10(18-12(17)15(7)2)11(16)14-9-6-4-3-5-8(9)13/h3-6H,1-2H3,(H,14,16). The second kappa shape index (κ2) is 5.07. The molecule has 0 bridgehead atoms. The van der Waals surface area contributed by atoms with E-state index in [1.165, 1.54) is 4.57 Å². The second-order valence-electron chi connectivity index (χ2n) is 3.78. The minimum Gasteiger partial charge on any atom is -0.320 e. The van der Waals surface area contributed by atoms with Crippen LogP contribution >= 0.6 is 27.3 Å². The fourth-order valence-corrected chi connectivity index (χ4v) is 2.73. The smallest absolute Gasteiger partial charge is 0.307 e. The van der Waals surface area contributed by atoms with Crippen molar-refractivity contribution in [2.45, 2.75) is 6.92 Å². The van der Waals surface area contributed by atoms with Gasteiger partial charge in [0.1, 0.15) is 4.88 Å². The van der Waals surface area contributed by atoms with Gasteiger partial charge < -0.3 is 9.88 Å². The number of amides is 1. The van der Waals surface area contributed by atoms with Gasteiger partial charge in [0.2, 0.25) is 0 Å². The maximum absolute atomic E-state index is 12.1. The first kappa shape index (κ1) is 13.0. The largest absolute Gasteiger partial charge is 0.320 e. The molecule has 0 saturated carbocycles. The summed E-state index contributed by atoms with van der Waals surface area (Å²) in [6.45, 7) is 1.76. The van der Waals surface area contributed by atoms with Gasteiger partial charge in [-0.25, -0.2) is 0 Å². The molecule has 2 aromatic rings. The van der Waals surface area contributed by atoms with Gasteiger partial charge in [-0.05, 0) is 35.0 Å². The van der Waals surface area contributed by atoms with E-state index < -0.39 is 0 Å². The average Bonchev–Trinajstić information content (AvgIpc) is 2.60. The molecule has 1 N–H and O–H groups in total. The number of nitrogens with zero attached hydrogens (tertiary/aromatic N) is 1. The van der Waals surface area contributed by atoms with Crippen molar-refractivity contribution in [1.29, 1.82) is 0 Å². The number of hydrogen-bond acceptors (Lipinski definition) is 3. The van der Waals surface area contributed by atoms with Crippen LogP contribution in [0, 0.1) is 6.92 Å². The normalized spacial score (nSPS) is 10.4. The first-order chi connectivity index (χ1) is 8.50. The van der Waals surface area contributed by atoms with E-state index in [0.29, 0.717) is 16.3 Å². The van der Waals surface area contributed by atoms with Crippen LogP contribution in [0.4, 0.5) is 5.69 Å². The summed E-state index contributed by atoms with van der Waals surface area (Å²) in [5.41, 5.74) is 1.36. The van der Waals surface area contributed by atoms with Gasteiger partial charge in [0.15, 0.2) is 0 Å². The Labute approximate surface area is 116 Å². The van der Waals surface area contributed by atoms with Crippen molar-refractivity contribution in [2.75, 3.05) is 5.32 Å². The van der Waals surface area contributed by atoms with Crippen molar-refractivity contribution in [2.24, 2.45) is 7.05 Å². The van der Waals surface area contributed by atoms with E-state index in [0.717, 1.165) is 15.8 Å². The molecule has 0 fully saturated rings. The van der Waals surface area contributed by atoms with Crippen LogP contribution in [-0.4, -0.2) is 10.5 Å². The molecule has 94 valence electrons. The molecule has 6 heteroatoms. The lowest BCUT2D eigenvalue weighted by molar-refractivity contribution is 0.102. The molecule has 1 amide bonds. The highest BCUT2D eigenvalue weighted by atomic mass is 79.9. The molecule has 0 radical (unpaired) electrons. The van der Waals surface area contributed by atoms with E-state index in [2.05, 4.69) is 21.2 Å². The highest BCUT2D eigenvalue weighted by Gasteiger charge is 2.16. The van der Waals surface area contributed by atoms with Gasteiger partial charge in [0.25, 0.3) is 5.91 Å². The molecule has 0 aliphatic rings. The Morgan fingerprint density at radius 1 is 1.39 bits per heavy atom. The highest BCUT2D eigenvalue weighted by molar-refractivity contribution is 9.10. The summed E-state index contributed by atoms with van der Waals surface area (Å²) in [5.74, 6) is -0.262. The molecule has 0 atom stereocenters. The van der Waals surface area contributed by atoms with Crippen LogP contribution in [-0.2, 0) is 7.05 Å². The van der Waals surface area contributed by atoms with Gasteiger partial charge in [0.05, 0.1) is 5.69 Å². The average molecular weight is 327 g/mol. The summed E-state index contributed by atoms with van der Waals surface area (Å²) in [5, 5.41) is 2.78. The number of halogens is 1. The lowest BCUT2D eigenvalue weighted by Crippen LogP contribution is -2.13. The molecular weight excluding hydrogens is 316 g/mol. The zero-order chi connectivity index (χ0) is 13.3. The number of nitrogens with one attached hydrogen (secondary N) is 1. The molecule has 18 heavy (non-hydrogen) atoms. The molecule has 0 aliphatic heterocycles. The monoisotopic (exact) mass is 326 g/mol. The van der Waals surface area contributed by atoms with Gasteiger partial charge in [-0.2, -0.15) is 0 Å². The predicted molar refractivity (Wildman–Crippen MR) is 76.4 cm³/mol. The first-order valence-corrected chi connectivity index (χ1v) is 6.84. The Balaban J connectivity index is 2.31. The molecule has 1 aromatic heterocycles. The van der Waals surface area contributed by atoms with E-state index in [4.69, 9.17) is 0 Å². The fourth-order valence-electron chi connectivity index (χ4n) is 1.47. The minimum absolute atomic E-state index is 0.134. The molecular formula is C12H11BrN2O2S. The number of benzene rings is 1. The van der Waals surface area contributed by atoms with E-state index in [1.54, 1.807) is 20.0 Å². The maximum atomic E-state index is 12.1. The van der Waals surface area contributed by atoms with Crippen molar-refractivity contribution in [3.8, 4) is 0 Å². The molecule has 0 saturated heterocycles. The van der Waals surface area contributed by atoms with E-state index in [9.17, 15) is 9.59 Å². The maximum Gasteiger partial charge on any atom is 0.307 e. The predicted octanol–water partition coefficient (Wildman–Crippen LogP) is 2.77. The summed E-state index contributed by atoms with van der Waals surface area (Å²) in [6.07, 6.45) is 0. The Morgan fingerprint density at radius 3 is 2.61 bits per heavy atom. The van der Waals surface area contributed by atoms with Gasteiger partial charge in [-0.15, -0.1) is 0 Å². The molecule has 0 unspecified atom stereocenters. The number of para-hydroxylation sites is 1. The number of carbonyl (C=O) groups excluding carboxylic acids is 1. The van der Waals surface area contributed by atoms with Gasteiger partial charge in [-0.3, -0.25) is 9.59 Å². The Bertz CT molecular complexity index is 660. The van der Waals surface area contributed by atoms with E-state index in [1.807, 2.05) is 18.2 Å². The molecule has 1 aromatic carbocycles. The van der Waals surface area contributed by atoms with Crippen molar-refractivity contribution in [3.05, 3.63) is 49.0 Å². The summed E-state index contributed by atoms with van der Waals surface area (Å²) >= 11 is 4.31. The van der Waals surface area contributed by atoms with Crippen LogP contribution in [0.5, 0.6) is 0 Å². The quantitative estimate of drug-likeness (QED) is 0.922. The number of hydrogen-bond donors (Lipinski definition) is 1. The summed E-state index contributed by atoms with van der Waals surface area (Å²) in [6, 6.07) is 7.34. The number of rotatable bonds is 2. The van der Waals surface area contributed by atoms with Crippen molar-refractivity contribution >= 4 is 38.9 Å². The third-order valence-corrected chi connectivity index (χ3v) is 4.45. The number of anilines is 1. The summed E-state index contributed by atoms with van der Waals surface area (Å²) in [4.78, 5) is 23.9. The van der Waals surface area contributed by atoms with Crippen LogP contribution in [0.2, 0.25) is 0 Å². The van der Waals surface area contributed by atoms with Crippen LogP contribution in [0.1, 0.15) is 15.4 Å². The number of carbonyl (C=O) groups is 1. The Morgan fingerprint density at radius 2 is 2.06 bits per heavy atom. The zero-order valence-electron chi connectivity index (χ0n) is 9.86. The summed E-state index contributed by atoms with van der Waals surface area (Å²) in [7, 11) is 1.66. The molecule has 1 heterocycles. The SMILES string of the molecule is Cc1c(C(=O)Nc2ccccc2Br)sc(=O)n1C. The van der Waals surface area contributed by atoms with Gasteiger partial charge in [-0.1, -0.05) is 23.5 Å². The molecule has 4 nitrogen and oxygen atoms in total. The Hall–Kier alpha value is -1.40. The topological polar surface area (TPSA) is 51.1 Å². The molecule has 2 rings (SSSR count). The Kier molecular flexibility index (Phi) is 3.68. The zero-order valence-corrected chi connectivity index (χ0v) is 12.3. The molecule has 0 aliphatic carbocycles. The lowest BCUT2D eigenvalue weighted by Gasteiger charge is -2.06. The van der Waals surface area contributed by atoms with E-state index >= 15 is 0 Å². The van der Waals surface area contributed by atoms with Crippen molar-refractivity contribution < 1.29 is 4.79 Å². The van der Waals surface area contributed by atoms with Crippen LogP contribution < -0.4 is 10.2 Å². The molecule has 0 spiro atoms. The van der Waals surface area contributed by atoms with E-state index in [-0.39, 0.29) is 10.8 Å². The first-order valence-electron chi connectivity index (χ1n) is 5.23. The van der Waals surface area contributed by atoms with Crippen LogP contribution in [0.3, 0.4) is 0 Å². The highest BCUT2D eigenvalue weighted by Crippen LogP contribution is 2.22. The number of thiazole rings is 1. The van der Waals surface area contributed by atoms with Crippen LogP contribution in [0.25, 0.3) is 0 Å². The third kappa shape index (κ3) is 2.39. The van der Waals surface area contributed by atoms with Gasteiger partial charge >= 0.3 is 4.87 Å². The third-order valence-electron chi connectivity index (χ3n) is 2.62. The van der Waals surface area contributed by atoms with Crippen LogP contribution in [0.15, 0.2) is 33.5 Å². The van der Waals surface area contributed by atoms with Crippen molar-refractivity contribution in [1.82, 2.24) is 4.57 Å².